The highest BCUT2D eigenvalue weighted by molar-refractivity contribution is 5.98. The van der Waals surface area contributed by atoms with Crippen LogP contribution >= 0.6 is 0 Å². The lowest BCUT2D eigenvalue weighted by molar-refractivity contribution is -0.141. The minimum Gasteiger partial charge on any atom is -0.480 e. The molecule has 1 N–H and O–H groups in total. The first-order valence-electron chi connectivity index (χ1n) is 7.65. The van der Waals surface area contributed by atoms with Crippen LogP contribution in [0.5, 0.6) is 0 Å². The zero-order valence-corrected chi connectivity index (χ0v) is 13.2. The van der Waals surface area contributed by atoms with E-state index < -0.39 is 12.0 Å². The van der Waals surface area contributed by atoms with Crippen molar-refractivity contribution in [3.63, 3.8) is 0 Å². The lowest BCUT2D eigenvalue weighted by Gasteiger charge is -2.21. The van der Waals surface area contributed by atoms with Crippen LogP contribution in [0.1, 0.15) is 34.6 Å². The maximum Gasteiger partial charge on any atom is 0.326 e. The largest absolute Gasteiger partial charge is 0.480 e. The molecule has 2 aromatic rings. The molecule has 1 atom stereocenters. The molecule has 23 heavy (non-hydrogen) atoms. The Hall–Kier alpha value is -2.63. The minimum absolute atomic E-state index is 0.217. The second-order valence-corrected chi connectivity index (χ2v) is 5.80. The number of likely N-dealkylation sites (tertiary alicyclic amines) is 1. The number of hydrogen-bond acceptors (Lipinski definition) is 3. The first-order valence-corrected chi connectivity index (χ1v) is 7.65. The normalized spacial score (nSPS) is 17.5. The van der Waals surface area contributed by atoms with Gasteiger partial charge in [-0.05, 0) is 44.9 Å². The summed E-state index contributed by atoms with van der Waals surface area (Å²) in [6.45, 7) is 4.26. The molecule has 1 amide bonds. The summed E-state index contributed by atoms with van der Waals surface area (Å²) in [6.07, 6.45) is 2.94. The summed E-state index contributed by atoms with van der Waals surface area (Å²) in [4.78, 5) is 29.9. The van der Waals surface area contributed by atoms with Crippen LogP contribution in [0.2, 0.25) is 0 Å². The summed E-state index contributed by atoms with van der Waals surface area (Å²) >= 11 is 0. The molecule has 1 fully saturated rings. The highest BCUT2D eigenvalue weighted by Crippen LogP contribution is 2.25. The van der Waals surface area contributed by atoms with E-state index >= 15 is 0 Å². The van der Waals surface area contributed by atoms with Crippen LogP contribution < -0.4 is 0 Å². The van der Waals surface area contributed by atoms with E-state index in [4.69, 9.17) is 0 Å². The third kappa shape index (κ3) is 2.60. The van der Waals surface area contributed by atoms with Crippen LogP contribution in [-0.4, -0.2) is 44.0 Å². The zero-order chi connectivity index (χ0) is 16.6. The molecule has 1 saturated heterocycles. The van der Waals surface area contributed by atoms with E-state index in [1.54, 1.807) is 6.20 Å². The SMILES string of the molecule is Cc1cc(C(=O)N2CCC[C@H]2C(=O)O)c(C)n1-c1ccccn1. The van der Waals surface area contributed by atoms with Crippen LogP contribution in [0.25, 0.3) is 5.82 Å². The molecule has 3 heterocycles. The van der Waals surface area contributed by atoms with E-state index in [2.05, 4.69) is 4.98 Å². The van der Waals surface area contributed by atoms with Crippen LogP contribution in [0.3, 0.4) is 0 Å². The van der Waals surface area contributed by atoms with Crippen molar-refractivity contribution in [1.82, 2.24) is 14.5 Å². The Kier molecular flexibility index (Phi) is 3.90. The molecule has 0 radical (unpaired) electrons. The molecule has 0 unspecified atom stereocenters. The number of hydrogen-bond donors (Lipinski definition) is 1. The molecule has 0 aliphatic carbocycles. The van der Waals surface area contributed by atoms with E-state index in [0.717, 1.165) is 23.6 Å². The third-order valence-electron chi connectivity index (χ3n) is 4.34. The molecule has 0 saturated carbocycles. The Bertz CT molecular complexity index is 752. The van der Waals surface area contributed by atoms with Crippen molar-refractivity contribution in [2.24, 2.45) is 0 Å². The lowest BCUT2D eigenvalue weighted by Crippen LogP contribution is -2.40. The van der Waals surface area contributed by atoms with E-state index in [9.17, 15) is 14.7 Å². The first kappa shape index (κ1) is 15.3. The molecule has 0 spiro atoms. The van der Waals surface area contributed by atoms with Gasteiger partial charge in [0.1, 0.15) is 11.9 Å². The number of rotatable bonds is 3. The topological polar surface area (TPSA) is 75.4 Å². The van der Waals surface area contributed by atoms with Crippen molar-refractivity contribution < 1.29 is 14.7 Å². The number of pyridine rings is 1. The maximum atomic E-state index is 12.8. The molecule has 1 aliphatic rings. The Labute approximate surface area is 134 Å². The van der Waals surface area contributed by atoms with Crippen molar-refractivity contribution in [3.8, 4) is 5.82 Å². The van der Waals surface area contributed by atoms with Crippen LogP contribution in [0.4, 0.5) is 0 Å². The zero-order valence-electron chi connectivity index (χ0n) is 13.2. The predicted octanol–water partition coefficient (Wildman–Crippen LogP) is 2.18. The number of aromatic nitrogens is 2. The fraction of sp³-hybridized carbons (Fsp3) is 0.353. The average molecular weight is 313 g/mol. The number of carboxylic acid groups (broad SMARTS) is 1. The number of carbonyl (C=O) groups excluding carboxylic acids is 1. The summed E-state index contributed by atoms with van der Waals surface area (Å²) < 4.78 is 1.92. The maximum absolute atomic E-state index is 12.8. The quantitative estimate of drug-likeness (QED) is 0.942. The van der Waals surface area contributed by atoms with E-state index in [1.807, 2.05) is 42.7 Å². The van der Waals surface area contributed by atoms with Gasteiger partial charge in [-0.15, -0.1) is 0 Å². The number of carbonyl (C=O) groups is 2. The van der Waals surface area contributed by atoms with E-state index in [0.29, 0.717) is 18.5 Å². The van der Waals surface area contributed by atoms with Gasteiger partial charge in [-0.1, -0.05) is 6.07 Å². The first-order chi connectivity index (χ1) is 11.0. The smallest absolute Gasteiger partial charge is 0.326 e. The molecular weight excluding hydrogens is 294 g/mol. The van der Waals surface area contributed by atoms with Crippen molar-refractivity contribution in [1.29, 1.82) is 0 Å². The molecule has 6 nitrogen and oxygen atoms in total. The van der Waals surface area contributed by atoms with Crippen molar-refractivity contribution in [3.05, 3.63) is 47.4 Å². The van der Waals surface area contributed by atoms with E-state index in [-0.39, 0.29) is 5.91 Å². The standard InChI is InChI=1S/C17H19N3O3/c1-11-10-13(12(2)20(11)15-7-3-4-8-18-15)16(21)19-9-5-6-14(19)17(22)23/h3-4,7-8,10,14H,5-6,9H2,1-2H3,(H,22,23)/t14-/m0/s1. The monoisotopic (exact) mass is 313 g/mol. The number of amides is 1. The molecule has 120 valence electrons. The van der Waals surface area contributed by atoms with Crippen molar-refractivity contribution in [2.75, 3.05) is 6.54 Å². The highest BCUT2D eigenvalue weighted by atomic mass is 16.4. The van der Waals surface area contributed by atoms with Gasteiger partial charge in [0.25, 0.3) is 5.91 Å². The lowest BCUT2D eigenvalue weighted by atomic mass is 10.2. The Balaban J connectivity index is 1.98. The van der Waals surface area contributed by atoms with Gasteiger partial charge >= 0.3 is 5.97 Å². The summed E-state index contributed by atoms with van der Waals surface area (Å²) in [6, 6.07) is 6.70. The van der Waals surface area contributed by atoms with Gasteiger partial charge in [0.2, 0.25) is 0 Å². The third-order valence-corrected chi connectivity index (χ3v) is 4.34. The van der Waals surface area contributed by atoms with Gasteiger partial charge in [0.05, 0.1) is 5.56 Å². The average Bonchev–Trinajstić information content (AvgIpc) is 3.12. The number of nitrogens with zero attached hydrogens (tertiary/aromatic N) is 3. The van der Waals surface area contributed by atoms with Crippen LogP contribution in [0, 0.1) is 13.8 Å². The van der Waals surface area contributed by atoms with E-state index in [1.165, 1.54) is 4.90 Å². The second-order valence-electron chi connectivity index (χ2n) is 5.80. The summed E-state index contributed by atoms with van der Waals surface area (Å²) in [5, 5.41) is 9.28. The summed E-state index contributed by atoms with van der Waals surface area (Å²) in [5.74, 6) is -0.405. The molecule has 2 aromatic heterocycles. The fourth-order valence-electron chi connectivity index (χ4n) is 3.24. The Morgan fingerprint density at radius 3 is 2.74 bits per heavy atom. The molecule has 3 rings (SSSR count). The molecule has 0 aromatic carbocycles. The van der Waals surface area contributed by atoms with Gasteiger partial charge in [-0.25, -0.2) is 9.78 Å². The van der Waals surface area contributed by atoms with Gasteiger partial charge < -0.3 is 14.6 Å². The number of carboxylic acids is 1. The molecule has 6 heteroatoms. The van der Waals surface area contributed by atoms with Gasteiger partial charge in [0.15, 0.2) is 0 Å². The van der Waals surface area contributed by atoms with Crippen LogP contribution in [0.15, 0.2) is 30.5 Å². The fourth-order valence-corrected chi connectivity index (χ4v) is 3.24. The van der Waals surface area contributed by atoms with Crippen molar-refractivity contribution >= 4 is 11.9 Å². The Morgan fingerprint density at radius 2 is 2.09 bits per heavy atom. The van der Waals surface area contributed by atoms with Gasteiger partial charge in [0, 0.05) is 24.1 Å². The number of aryl methyl sites for hydroxylation is 1. The second kappa shape index (κ2) is 5.87. The predicted molar refractivity (Wildman–Crippen MR) is 84.7 cm³/mol. The highest BCUT2D eigenvalue weighted by Gasteiger charge is 2.35. The van der Waals surface area contributed by atoms with Crippen LogP contribution in [-0.2, 0) is 4.79 Å². The molecule has 1 aliphatic heterocycles. The van der Waals surface area contributed by atoms with Gasteiger partial charge in [-0.2, -0.15) is 0 Å². The van der Waals surface area contributed by atoms with Gasteiger partial charge in [-0.3, -0.25) is 4.79 Å². The summed E-state index contributed by atoms with van der Waals surface area (Å²) in [5.41, 5.74) is 2.22. The van der Waals surface area contributed by atoms with Crippen molar-refractivity contribution in [2.45, 2.75) is 32.7 Å². The molecular formula is C17H19N3O3. The Morgan fingerprint density at radius 1 is 1.30 bits per heavy atom. The minimum atomic E-state index is -0.936. The number of aliphatic carboxylic acids is 1. The molecule has 0 bridgehead atoms. The summed E-state index contributed by atoms with van der Waals surface area (Å²) in [7, 11) is 0.